The fourth-order valence-corrected chi connectivity index (χ4v) is 6.93. The Morgan fingerprint density at radius 3 is 2.26 bits per heavy atom. The Labute approximate surface area is 291 Å². The minimum Gasteiger partial charge on any atom is -0.664 e. The fraction of sp³-hybridized carbons (Fsp3) is 0.378. The Balaban J connectivity index is 0.00000164. The summed E-state index contributed by atoms with van der Waals surface area (Å²) in [6.45, 7) is 18.0. The summed E-state index contributed by atoms with van der Waals surface area (Å²) in [5, 5.41) is 16.2. The van der Waals surface area contributed by atoms with Crippen LogP contribution in [-0.4, -0.2) is 53.0 Å². The predicted molar refractivity (Wildman–Crippen MR) is 184 cm³/mol. The zero-order valence-electron chi connectivity index (χ0n) is 28.4. The molecular weight excluding hydrogens is 605 g/mol. The van der Waals surface area contributed by atoms with Crippen LogP contribution in [0.1, 0.15) is 101 Å². The summed E-state index contributed by atoms with van der Waals surface area (Å²) in [7, 11) is 1.25. The van der Waals surface area contributed by atoms with E-state index in [0.717, 1.165) is 50.8 Å². The van der Waals surface area contributed by atoms with Gasteiger partial charge in [-0.25, -0.2) is 0 Å². The molecule has 3 aromatic rings. The van der Waals surface area contributed by atoms with E-state index in [1.807, 2.05) is 59.8 Å². The molecule has 0 amide bonds. The molecular formula is C37H40MgN4O5-2. The Kier molecular flexibility index (Phi) is 10.7. The van der Waals surface area contributed by atoms with Crippen LogP contribution in [0.3, 0.4) is 0 Å². The van der Waals surface area contributed by atoms with E-state index in [-0.39, 0.29) is 53.5 Å². The molecule has 0 saturated carbocycles. The number of ketones is 1. The Hall–Kier alpha value is -4.02. The molecule has 1 fully saturated rings. The number of aliphatic carboxylic acids is 1. The molecule has 0 radical (unpaired) electrons. The molecule has 47 heavy (non-hydrogen) atoms. The van der Waals surface area contributed by atoms with Crippen molar-refractivity contribution in [2.75, 3.05) is 7.11 Å². The van der Waals surface area contributed by atoms with Gasteiger partial charge in [-0.15, -0.1) is 33.5 Å². The molecule has 8 bridgehead atoms. The summed E-state index contributed by atoms with van der Waals surface area (Å²) in [5.41, 5.74) is 9.03. The van der Waals surface area contributed by atoms with Crippen molar-refractivity contribution in [3.05, 3.63) is 90.1 Å². The van der Waals surface area contributed by atoms with Crippen LogP contribution in [0.2, 0.25) is 0 Å². The number of hydrogen-bond donors (Lipinski definition) is 1. The second-order valence-corrected chi connectivity index (χ2v) is 11.7. The summed E-state index contributed by atoms with van der Waals surface area (Å²) >= 11 is 0. The predicted octanol–water partition coefficient (Wildman–Crippen LogP) is 4.55. The van der Waals surface area contributed by atoms with E-state index in [9.17, 15) is 19.5 Å². The van der Waals surface area contributed by atoms with E-state index < -0.39 is 17.9 Å². The molecule has 10 heteroatoms. The van der Waals surface area contributed by atoms with Gasteiger partial charge in [-0.3, -0.25) is 14.4 Å². The number of carboxylic acids is 1. The van der Waals surface area contributed by atoms with Crippen LogP contribution in [0, 0.1) is 38.5 Å². The standard InChI is InChI=1S/C35H36N4O5.C2H6.Mg/c1-8-19-15(3)22-12-24-17(5)21(10-11-28(40)41)32(38-24)30-31(35(43)44-7)34(42)29-18(6)25(39-33(29)30)14-27-20(9-2)16(4)23(37-27)13-26(19)36-22;1-2;/h8,12-14,17,21,31H,1,9-11H2,2-7H3,(H3,38,39,40,41,42);1-2H3;/q-2;;+2/p-2/b23-13-,24-12-,27-14-;;/t17-,21-,31+;;/m0../s1. The average molecular weight is 645 g/mol. The van der Waals surface area contributed by atoms with Gasteiger partial charge in [0.05, 0.1) is 7.11 Å². The van der Waals surface area contributed by atoms with Gasteiger partial charge in [0.2, 0.25) is 0 Å². The summed E-state index contributed by atoms with van der Waals surface area (Å²) in [5.74, 6) is -3.82. The number of rotatable bonds is 6. The second kappa shape index (κ2) is 14.0. The molecule has 0 unspecified atom stereocenters. The van der Waals surface area contributed by atoms with Crippen LogP contribution in [0.4, 0.5) is 0 Å². The van der Waals surface area contributed by atoms with Crippen LogP contribution in [0.25, 0.3) is 35.2 Å². The molecule has 3 aliphatic rings. The Bertz CT molecular complexity index is 1970. The molecule has 3 atom stereocenters. The molecule has 1 saturated heterocycles. The molecule has 5 heterocycles. The number of nitrogens with zero attached hydrogens (tertiary/aromatic N) is 4. The second-order valence-electron chi connectivity index (χ2n) is 11.7. The zero-order valence-corrected chi connectivity index (χ0v) is 29.9. The van der Waals surface area contributed by atoms with E-state index >= 15 is 0 Å². The number of carboxylic acid groups (broad SMARTS) is 1. The van der Waals surface area contributed by atoms with Crippen molar-refractivity contribution in [2.45, 2.75) is 67.7 Å². The van der Waals surface area contributed by atoms with Gasteiger partial charge < -0.3 is 30.1 Å². The monoisotopic (exact) mass is 644 g/mol. The number of hydrogen-bond acceptors (Lipinski definition) is 4. The number of fused-ring (bicyclic) bond motifs is 7. The van der Waals surface area contributed by atoms with Crippen molar-refractivity contribution in [1.29, 1.82) is 0 Å². The Morgan fingerprint density at radius 2 is 1.64 bits per heavy atom. The summed E-state index contributed by atoms with van der Waals surface area (Å²) in [6, 6.07) is 0. The number of allylic oxidation sites excluding steroid dienone is 2. The van der Waals surface area contributed by atoms with Gasteiger partial charge in [0.15, 0.2) is 5.78 Å². The molecule has 0 spiro atoms. The van der Waals surface area contributed by atoms with E-state index in [4.69, 9.17) is 25.0 Å². The first kappa shape index (κ1) is 35.8. The first-order chi connectivity index (χ1) is 22.0. The van der Waals surface area contributed by atoms with Crippen molar-refractivity contribution in [1.82, 2.24) is 15.0 Å². The van der Waals surface area contributed by atoms with Crippen molar-refractivity contribution in [2.24, 2.45) is 17.8 Å². The molecule has 0 aromatic carbocycles. The SMILES string of the molecule is C=Cc1c2[n-]c(c1C)/C=C1\[N-]/C(=C3\c4[n-]c(c(C)c4C(=O)[C@@H]3C(=O)OC)/C=c3\[n-]/c(c(C)c3CC)=C\2)[C@@H](CCC(=O)O)[C@@H]1C.CC.[Mg+2]. The Morgan fingerprint density at radius 1 is 0.979 bits per heavy atom. The topological polar surface area (TPSA) is 137 Å². The smallest absolute Gasteiger partial charge is 0.664 e. The first-order valence-corrected chi connectivity index (χ1v) is 15.8. The number of methoxy groups -OCH3 is 1. The van der Waals surface area contributed by atoms with E-state index in [0.29, 0.717) is 39.5 Å². The van der Waals surface area contributed by atoms with Gasteiger partial charge >= 0.3 is 35.0 Å². The number of carbonyl (C=O) groups excluding carboxylic acids is 2. The number of esters is 1. The molecule has 1 N–H and O–H groups in total. The molecule has 3 aromatic heterocycles. The minimum absolute atomic E-state index is 0. The molecule has 6 rings (SSSR count). The number of carbonyl (C=O) groups is 3. The van der Waals surface area contributed by atoms with Gasteiger partial charge in [0.1, 0.15) is 5.92 Å². The minimum atomic E-state index is -1.23. The van der Waals surface area contributed by atoms with E-state index in [2.05, 4.69) is 13.5 Å². The van der Waals surface area contributed by atoms with Gasteiger partial charge in [0, 0.05) is 12.0 Å². The van der Waals surface area contributed by atoms with E-state index in [1.165, 1.54) is 7.11 Å². The third-order valence-corrected chi connectivity index (χ3v) is 9.41. The molecule has 242 valence electrons. The summed E-state index contributed by atoms with van der Waals surface area (Å²) < 4.78 is 5.11. The number of aromatic nitrogens is 3. The number of Topliss-reactive ketones (excluding diaryl/α,β-unsaturated/α-hetero) is 1. The normalized spacial score (nSPS) is 23.1. The summed E-state index contributed by atoms with van der Waals surface area (Å²) in [6.07, 6.45) is 8.51. The zero-order chi connectivity index (χ0) is 33.6. The van der Waals surface area contributed by atoms with Crippen LogP contribution in [-0.2, 0) is 20.7 Å². The van der Waals surface area contributed by atoms with Crippen LogP contribution in [0.5, 0.6) is 0 Å². The van der Waals surface area contributed by atoms with Crippen molar-refractivity contribution in [3.63, 3.8) is 0 Å². The van der Waals surface area contributed by atoms with Crippen LogP contribution < -0.4 is 25.7 Å². The molecule has 2 aliphatic heterocycles. The van der Waals surface area contributed by atoms with Crippen LogP contribution in [0.15, 0.2) is 18.0 Å². The van der Waals surface area contributed by atoms with Crippen LogP contribution >= 0.6 is 0 Å². The fourth-order valence-electron chi connectivity index (χ4n) is 6.93. The van der Waals surface area contributed by atoms with Gasteiger partial charge in [0.25, 0.3) is 0 Å². The molecule has 9 nitrogen and oxygen atoms in total. The largest absolute Gasteiger partial charge is 2.00 e. The van der Waals surface area contributed by atoms with Gasteiger partial charge in [-0.05, 0) is 51.0 Å². The quantitative estimate of drug-likeness (QED) is 0.235. The third-order valence-electron chi connectivity index (χ3n) is 9.41. The number of ether oxygens (including phenoxy) is 1. The maximum atomic E-state index is 14.0. The molecule has 1 aliphatic carbocycles. The third kappa shape index (κ3) is 5.86. The van der Waals surface area contributed by atoms with Gasteiger partial charge in [-0.1, -0.05) is 86.4 Å². The maximum absolute atomic E-state index is 14.0. The first-order valence-electron chi connectivity index (χ1n) is 15.8. The van der Waals surface area contributed by atoms with Crippen molar-refractivity contribution >= 4 is 70.7 Å². The van der Waals surface area contributed by atoms with Crippen molar-refractivity contribution < 1.29 is 24.2 Å². The average Bonchev–Trinajstić information content (AvgIpc) is 3.77. The van der Waals surface area contributed by atoms with E-state index in [1.54, 1.807) is 6.08 Å². The van der Waals surface area contributed by atoms with Gasteiger partial charge in [-0.2, -0.15) is 11.4 Å². The summed E-state index contributed by atoms with van der Waals surface area (Å²) in [4.78, 5) is 53.8. The van der Waals surface area contributed by atoms with Crippen molar-refractivity contribution in [3.8, 4) is 0 Å². The maximum Gasteiger partial charge on any atom is 2.00 e.